The molecule has 26 heavy (non-hydrogen) atoms. The van der Waals surface area contributed by atoms with Gasteiger partial charge in [-0.1, -0.05) is 20.3 Å². The van der Waals surface area contributed by atoms with E-state index in [-0.39, 0.29) is 24.2 Å². The van der Waals surface area contributed by atoms with Crippen LogP contribution in [0.1, 0.15) is 51.5 Å². The molecule has 1 aliphatic carbocycles. The third kappa shape index (κ3) is 4.65. The second-order valence-corrected chi connectivity index (χ2v) is 7.31. The molecule has 140 valence electrons. The smallest absolute Gasteiger partial charge is 0.336 e. The van der Waals surface area contributed by atoms with E-state index in [1.807, 2.05) is 12.1 Å². The highest BCUT2D eigenvalue weighted by molar-refractivity contribution is 5.82. The summed E-state index contributed by atoms with van der Waals surface area (Å²) in [5, 5.41) is 3.96. The Balaban J connectivity index is 1.62. The molecule has 5 nitrogen and oxygen atoms in total. The van der Waals surface area contributed by atoms with Crippen molar-refractivity contribution in [3.63, 3.8) is 0 Å². The van der Waals surface area contributed by atoms with Crippen molar-refractivity contribution in [2.75, 3.05) is 6.61 Å². The van der Waals surface area contributed by atoms with Crippen LogP contribution in [0.4, 0.5) is 0 Å². The lowest BCUT2D eigenvalue weighted by Gasteiger charge is -2.26. The number of nitrogens with one attached hydrogen (secondary N) is 1. The van der Waals surface area contributed by atoms with E-state index < -0.39 is 0 Å². The van der Waals surface area contributed by atoms with Gasteiger partial charge < -0.3 is 14.5 Å². The molecule has 2 aromatic rings. The molecule has 0 bridgehead atoms. The zero-order valence-electron chi connectivity index (χ0n) is 15.5. The third-order valence-corrected chi connectivity index (χ3v) is 5.07. The molecule has 1 heterocycles. The number of hydrogen-bond donors (Lipinski definition) is 1. The summed E-state index contributed by atoms with van der Waals surface area (Å²) in [4.78, 5) is 23.8. The van der Waals surface area contributed by atoms with E-state index in [4.69, 9.17) is 9.15 Å². The van der Waals surface area contributed by atoms with Crippen LogP contribution in [0, 0.1) is 5.92 Å². The number of hydrogen-bond acceptors (Lipinski definition) is 4. The molecule has 5 heteroatoms. The Morgan fingerprint density at radius 3 is 2.73 bits per heavy atom. The van der Waals surface area contributed by atoms with Crippen LogP contribution in [0.25, 0.3) is 11.0 Å². The topological polar surface area (TPSA) is 68.5 Å². The fraction of sp³-hybridized carbons (Fsp3) is 0.524. The summed E-state index contributed by atoms with van der Waals surface area (Å²) in [6.07, 6.45) is 6.18. The average Bonchev–Trinajstić information content (AvgIpc) is 2.62. The Kier molecular flexibility index (Phi) is 5.96. The Morgan fingerprint density at radius 2 is 2.00 bits per heavy atom. The molecule has 1 amide bonds. The minimum Gasteiger partial charge on any atom is -0.484 e. The first kappa shape index (κ1) is 18.5. The van der Waals surface area contributed by atoms with Gasteiger partial charge in [0.05, 0.1) is 0 Å². The molecule has 1 saturated carbocycles. The predicted molar refractivity (Wildman–Crippen MR) is 102 cm³/mol. The Morgan fingerprint density at radius 1 is 1.23 bits per heavy atom. The fourth-order valence-corrected chi connectivity index (χ4v) is 3.60. The molecule has 1 aromatic heterocycles. The van der Waals surface area contributed by atoms with Crippen LogP contribution in [0.3, 0.4) is 0 Å². The van der Waals surface area contributed by atoms with Gasteiger partial charge in [0.2, 0.25) is 0 Å². The van der Waals surface area contributed by atoms with Gasteiger partial charge in [0, 0.05) is 23.6 Å². The van der Waals surface area contributed by atoms with E-state index in [9.17, 15) is 9.59 Å². The number of ether oxygens (including phenoxy) is 1. The van der Waals surface area contributed by atoms with Gasteiger partial charge in [-0.2, -0.15) is 0 Å². The van der Waals surface area contributed by atoms with E-state index in [2.05, 4.69) is 19.2 Å². The molecule has 1 aliphatic rings. The number of carbonyl (C=O) groups is 1. The van der Waals surface area contributed by atoms with Gasteiger partial charge in [0.15, 0.2) is 6.61 Å². The Hall–Kier alpha value is -2.30. The van der Waals surface area contributed by atoms with E-state index in [1.54, 1.807) is 12.1 Å². The standard InChI is InChI=1S/C21H27NO4/c1-3-4-15-11-21(24)26-19-12-17(9-10-18(15)19)25-13-20(23)22-16-7-5-14(2)6-8-16/h9-12,14,16H,3-8,13H2,1-2H3,(H,22,23). The molecule has 3 rings (SSSR count). The molecule has 0 spiro atoms. The van der Waals surface area contributed by atoms with Crippen LogP contribution in [-0.2, 0) is 11.2 Å². The van der Waals surface area contributed by atoms with E-state index in [0.717, 1.165) is 55.4 Å². The molecule has 0 atom stereocenters. The van der Waals surface area contributed by atoms with Gasteiger partial charge in [-0.25, -0.2) is 4.79 Å². The summed E-state index contributed by atoms with van der Waals surface area (Å²) in [6.45, 7) is 4.30. The zero-order valence-corrected chi connectivity index (χ0v) is 15.5. The number of fused-ring (bicyclic) bond motifs is 1. The Bertz CT molecular complexity index is 818. The van der Waals surface area contributed by atoms with Crippen molar-refractivity contribution < 1.29 is 13.9 Å². The molecule has 1 N–H and O–H groups in total. The van der Waals surface area contributed by atoms with Gasteiger partial charge in [0.25, 0.3) is 5.91 Å². The number of amides is 1. The molecule has 1 aromatic carbocycles. The van der Waals surface area contributed by atoms with Crippen molar-refractivity contribution in [1.82, 2.24) is 5.32 Å². The van der Waals surface area contributed by atoms with E-state index >= 15 is 0 Å². The highest BCUT2D eigenvalue weighted by atomic mass is 16.5. The molecule has 0 saturated heterocycles. The predicted octanol–water partition coefficient (Wildman–Crippen LogP) is 3.82. The minimum atomic E-state index is -0.359. The summed E-state index contributed by atoms with van der Waals surface area (Å²) < 4.78 is 10.9. The zero-order chi connectivity index (χ0) is 18.5. The van der Waals surface area contributed by atoms with Crippen LogP contribution in [0.15, 0.2) is 33.5 Å². The maximum absolute atomic E-state index is 12.1. The lowest BCUT2D eigenvalue weighted by molar-refractivity contribution is -0.124. The number of benzene rings is 1. The van der Waals surface area contributed by atoms with Crippen LogP contribution in [-0.4, -0.2) is 18.6 Å². The maximum Gasteiger partial charge on any atom is 0.336 e. The quantitative estimate of drug-likeness (QED) is 0.798. The van der Waals surface area contributed by atoms with Crippen LogP contribution in [0.5, 0.6) is 5.75 Å². The van der Waals surface area contributed by atoms with E-state index in [1.165, 1.54) is 0 Å². The number of rotatable bonds is 6. The van der Waals surface area contributed by atoms with E-state index in [0.29, 0.717) is 11.3 Å². The fourth-order valence-electron chi connectivity index (χ4n) is 3.60. The van der Waals surface area contributed by atoms with Gasteiger partial charge in [-0.15, -0.1) is 0 Å². The molecular formula is C21H27NO4. The highest BCUT2D eigenvalue weighted by Gasteiger charge is 2.19. The summed E-state index contributed by atoms with van der Waals surface area (Å²) in [7, 11) is 0. The minimum absolute atomic E-state index is 0.0313. The van der Waals surface area contributed by atoms with Crippen molar-refractivity contribution >= 4 is 16.9 Å². The first-order chi connectivity index (χ1) is 12.5. The van der Waals surface area contributed by atoms with Crippen LogP contribution >= 0.6 is 0 Å². The summed E-state index contributed by atoms with van der Waals surface area (Å²) in [5.41, 5.74) is 1.12. The van der Waals surface area contributed by atoms with Gasteiger partial charge in [0.1, 0.15) is 11.3 Å². The molecule has 0 aliphatic heterocycles. The van der Waals surface area contributed by atoms with Crippen LogP contribution in [0.2, 0.25) is 0 Å². The first-order valence-electron chi connectivity index (χ1n) is 9.54. The molecule has 1 fully saturated rings. The van der Waals surface area contributed by atoms with Crippen molar-refractivity contribution in [3.05, 3.63) is 40.2 Å². The first-order valence-corrected chi connectivity index (χ1v) is 9.54. The van der Waals surface area contributed by atoms with Crippen molar-refractivity contribution in [1.29, 1.82) is 0 Å². The molecule has 0 unspecified atom stereocenters. The molecular weight excluding hydrogens is 330 g/mol. The summed E-state index contributed by atoms with van der Waals surface area (Å²) in [5.74, 6) is 1.18. The van der Waals surface area contributed by atoms with Gasteiger partial charge >= 0.3 is 5.63 Å². The Labute approximate surface area is 153 Å². The second-order valence-electron chi connectivity index (χ2n) is 7.31. The summed E-state index contributed by atoms with van der Waals surface area (Å²) >= 11 is 0. The van der Waals surface area contributed by atoms with Crippen molar-refractivity contribution in [2.24, 2.45) is 5.92 Å². The molecule has 0 radical (unpaired) electrons. The van der Waals surface area contributed by atoms with Crippen molar-refractivity contribution in [2.45, 2.75) is 58.4 Å². The SMILES string of the molecule is CCCc1cc(=O)oc2cc(OCC(=O)NC3CCC(C)CC3)ccc12. The van der Waals surface area contributed by atoms with Crippen LogP contribution < -0.4 is 15.7 Å². The average molecular weight is 357 g/mol. The lowest BCUT2D eigenvalue weighted by Crippen LogP contribution is -2.39. The number of aryl methyl sites for hydroxylation is 1. The lowest BCUT2D eigenvalue weighted by atomic mass is 9.87. The van der Waals surface area contributed by atoms with Gasteiger partial charge in [-0.3, -0.25) is 4.79 Å². The second kappa shape index (κ2) is 8.39. The van der Waals surface area contributed by atoms with Gasteiger partial charge in [-0.05, 0) is 55.7 Å². The maximum atomic E-state index is 12.1. The normalized spacial score (nSPS) is 20.1. The monoisotopic (exact) mass is 357 g/mol. The largest absolute Gasteiger partial charge is 0.484 e. The summed E-state index contributed by atoms with van der Waals surface area (Å²) in [6, 6.07) is 7.19. The highest BCUT2D eigenvalue weighted by Crippen LogP contribution is 2.24. The third-order valence-electron chi connectivity index (χ3n) is 5.07. The number of carbonyl (C=O) groups excluding carboxylic acids is 1. The van der Waals surface area contributed by atoms with Crippen molar-refractivity contribution in [3.8, 4) is 5.75 Å².